The number of carbonyl (C=O) groups is 1. The summed E-state index contributed by atoms with van der Waals surface area (Å²) in [6.07, 6.45) is 1.05. The average molecular weight is 451 g/mol. The van der Waals surface area contributed by atoms with Crippen LogP contribution in [0, 0.1) is 6.92 Å². The third-order valence-electron chi connectivity index (χ3n) is 4.12. The molecule has 0 aliphatic rings. The van der Waals surface area contributed by atoms with Crippen molar-refractivity contribution in [2.45, 2.75) is 19.9 Å². The summed E-state index contributed by atoms with van der Waals surface area (Å²) in [6, 6.07) is 13.0. The van der Waals surface area contributed by atoms with Crippen molar-refractivity contribution in [3.8, 4) is 10.6 Å². The SMILES string of the molecule is Cc1ccc(-c2nnc(NC(=O)[C@H](C)N(c3ccc(Cl)cc3)S(C)(=O)=O)s2)cc1. The van der Waals surface area contributed by atoms with E-state index in [1.807, 2.05) is 31.2 Å². The van der Waals surface area contributed by atoms with Crippen molar-refractivity contribution in [2.24, 2.45) is 0 Å². The van der Waals surface area contributed by atoms with E-state index in [2.05, 4.69) is 15.5 Å². The van der Waals surface area contributed by atoms with Crippen LogP contribution in [0.3, 0.4) is 0 Å². The van der Waals surface area contributed by atoms with Crippen LogP contribution in [0.4, 0.5) is 10.8 Å². The van der Waals surface area contributed by atoms with Gasteiger partial charge in [-0.3, -0.25) is 14.4 Å². The molecule has 0 unspecified atom stereocenters. The number of anilines is 2. The summed E-state index contributed by atoms with van der Waals surface area (Å²) >= 11 is 7.10. The van der Waals surface area contributed by atoms with E-state index in [-0.39, 0.29) is 0 Å². The molecule has 0 radical (unpaired) electrons. The number of nitrogens with zero attached hydrogens (tertiary/aromatic N) is 3. The first-order valence-corrected chi connectivity index (χ1v) is 11.7. The summed E-state index contributed by atoms with van der Waals surface area (Å²) in [5.41, 5.74) is 2.36. The second-order valence-electron chi connectivity index (χ2n) is 6.48. The number of amides is 1. The van der Waals surface area contributed by atoms with Crippen molar-refractivity contribution in [2.75, 3.05) is 15.9 Å². The molecule has 0 bridgehead atoms. The van der Waals surface area contributed by atoms with Crippen LogP contribution in [0.15, 0.2) is 48.5 Å². The van der Waals surface area contributed by atoms with E-state index in [0.29, 0.717) is 20.8 Å². The third kappa shape index (κ3) is 5.11. The molecule has 0 spiro atoms. The predicted molar refractivity (Wildman–Crippen MR) is 117 cm³/mol. The second kappa shape index (κ2) is 8.48. The number of nitrogens with one attached hydrogen (secondary N) is 1. The minimum absolute atomic E-state index is 0.294. The fourth-order valence-electron chi connectivity index (χ4n) is 2.69. The number of aromatic nitrogens is 2. The molecule has 1 atom stereocenters. The van der Waals surface area contributed by atoms with Crippen molar-refractivity contribution in [1.29, 1.82) is 0 Å². The van der Waals surface area contributed by atoms with Crippen LogP contribution in [-0.2, 0) is 14.8 Å². The van der Waals surface area contributed by atoms with Crippen molar-refractivity contribution in [3.05, 3.63) is 59.1 Å². The highest BCUT2D eigenvalue weighted by Gasteiger charge is 2.29. The summed E-state index contributed by atoms with van der Waals surface area (Å²) in [6.45, 7) is 3.50. The van der Waals surface area contributed by atoms with Crippen LogP contribution in [0.25, 0.3) is 10.6 Å². The van der Waals surface area contributed by atoms with Crippen LogP contribution in [0.1, 0.15) is 12.5 Å². The molecule has 3 aromatic rings. The molecule has 1 heterocycles. The largest absolute Gasteiger partial charge is 0.299 e. The predicted octanol–water partition coefficient (Wildman–Crippen LogP) is 3.96. The van der Waals surface area contributed by atoms with Gasteiger partial charge in [0.1, 0.15) is 11.0 Å². The molecule has 0 aliphatic heterocycles. The standard InChI is InChI=1S/C19H19ClN4O3S2/c1-12-4-6-14(7-5-12)18-22-23-19(28-18)21-17(25)13(2)24(29(3,26)27)16-10-8-15(20)9-11-16/h4-11,13H,1-3H3,(H,21,23,25)/t13-/m0/s1. The molecule has 1 aromatic heterocycles. The highest BCUT2D eigenvalue weighted by Crippen LogP contribution is 2.28. The summed E-state index contributed by atoms with van der Waals surface area (Å²) in [7, 11) is -3.71. The highest BCUT2D eigenvalue weighted by atomic mass is 35.5. The van der Waals surface area contributed by atoms with Crippen LogP contribution in [0.5, 0.6) is 0 Å². The Morgan fingerprint density at radius 3 is 2.31 bits per heavy atom. The fourth-order valence-corrected chi connectivity index (χ4v) is 4.75. The lowest BCUT2D eigenvalue weighted by molar-refractivity contribution is -0.116. The molecule has 0 aliphatic carbocycles. The van der Waals surface area contributed by atoms with Gasteiger partial charge in [0.2, 0.25) is 21.1 Å². The Morgan fingerprint density at radius 2 is 1.72 bits per heavy atom. The van der Waals surface area contributed by atoms with Crippen molar-refractivity contribution < 1.29 is 13.2 Å². The first kappa shape index (κ1) is 21.2. The van der Waals surface area contributed by atoms with Gasteiger partial charge in [-0.15, -0.1) is 10.2 Å². The molecule has 0 saturated heterocycles. The maximum Gasteiger partial charge on any atom is 0.249 e. The monoisotopic (exact) mass is 450 g/mol. The van der Waals surface area contributed by atoms with Crippen molar-refractivity contribution in [1.82, 2.24) is 10.2 Å². The summed E-state index contributed by atoms with van der Waals surface area (Å²) < 4.78 is 25.7. The number of benzene rings is 2. The van der Waals surface area contributed by atoms with Gasteiger partial charge in [0.05, 0.1) is 11.9 Å². The van der Waals surface area contributed by atoms with Gasteiger partial charge in [0, 0.05) is 10.6 Å². The molecule has 29 heavy (non-hydrogen) atoms. The number of carbonyl (C=O) groups excluding carboxylic acids is 1. The van der Waals surface area contributed by atoms with Gasteiger partial charge in [-0.1, -0.05) is 52.8 Å². The Kier molecular flexibility index (Phi) is 6.21. The van der Waals surface area contributed by atoms with E-state index >= 15 is 0 Å². The van der Waals surface area contributed by atoms with Crippen LogP contribution >= 0.6 is 22.9 Å². The van der Waals surface area contributed by atoms with Gasteiger partial charge in [0.25, 0.3) is 0 Å². The number of hydrogen-bond donors (Lipinski definition) is 1. The minimum atomic E-state index is -3.71. The van der Waals surface area contributed by atoms with E-state index in [1.165, 1.54) is 18.3 Å². The molecular formula is C19H19ClN4O3S2. The first-order valence-electron chi connectivity index (χ1n) is 8.61. The third-order valence-corrected chi connectivity index (χ3v) is 6.50. The zero-order valence-electron chi connectivity index (χ0n) is 16.0. The lowest BCUT2D eigenvalue weighted by Crippen LogP contribution is -2.45. The smallest absolute Gasteiger partial charge is 0.249 e. The van der Waals surface area contributed by atoms with E-state index in [1.54, 1.807) is 24.3 Å². The zero-order valence-corrected chi connectivity index (χ0v) is 18.3. The maximum atomic E-state index is 12.7. The van der Waals surface area contributed by atoms with E-state index in [4.69, 9.17) is 11.6 Å². The number of hydrogen-bond acceptors (Lipinski definition) is 6. The quantitative estimate of drug-likeness (QED) is 0.613. The first-order chi connectivity index (χ1) is 13.6. The number of aryl methyl sites for hydroxylation is 1. The van der Waals surface area contributed by atoms with Gasteiger partial charge in [-0.05, 0) is 38.1 Å². The number of sulfonamides is 1. The second-order valence-corrected chi connectivity index (χ2v) is 9.75. The van der Waals surface area contributed by atoms with Gasteiger partial charge in [-0.25, -0.2) is 8.42 Å². The van der Waals surface area contributed by atoms with E-state index in [0.717, 1.165) is 21.7 Å². The summed E-state index contributed by atoms with van der Waals surface area (Å²) in [4.78, 5) is 12.7. The fraction of sp³-hybridized carbons (Fsp3) is 0.211. The van der Waals surface area contributed by atoms with Crippen LogP contribution in [0.2, 0.25) is 5.02 Å². The molecule has 0 fully saturated rings. The normalized spacial score (nSPS) is 12.4. The molecule has 1 N–H and O–H groups in total. The number of halogens is 1. The Morgan fingerprint density at radius 1 is 1.10 bits per heavy atom. The Balaban J connectivity index is 1.80. The highest BCUT2D eigenvalue weighted by molar-refractivity contribution is 7.92. The maximum absolute atomic E-state index is 12.7. The van der Waals surface area contributed by atoms with Crippen LogP contribution < -0.4 is 9.62 Å². The molecular weight excluding hydrogens is 432 g/mol. The van der Waals surface area contributed by atoms with E-state index < -0.39 is 22.0 Å². The molecule has 1 amide bonds. The summed E-state index contributed by atoms with van der Waals surface area (Å²) in [5.74, 6) is -0.517. The Labute approximate surface area is 178 Å². The van der Waals surface area contributed by atoms with Gasteiger partial charge in [-0.2, -0.15) is 0 Å². The molecule has 152 valence electrons. The Bertz CT molecular complexity index is 1110. The van der Waals surface area contributed by atoms with Gasteiger partial charge in [0.15, 0.2) is 0 Å². The molecule has 7 nitrogen and oxygen atoms in total. The zero-order chi connectivity index (χ0) is 21.2. The average Bonchev–Trinajstić information content (AvgIpc) is 3.11. The van der Waals surface area contributed by atoms with Gasteiger partial charge >= 0.3 is 0 Å². The molecule has 10 heteroatoms. The van der Waals surface area contributed by atoms with Crippen molar-refractivity contribution >= 4 is 49.7 Å². The lowest BCUT2D eigenvalue weighted by atomic mass is 10.2. The van der Waals surface area contributed by atoms with Crippen LogP contribution in [-0.4, -0.2) is 36.8 Å². The van der Waals surface area contributed by atoms with E-state index in [9.17, 15) is 13.2 Å². The topological polar surface area (TPSA) is 92.3 Å². The molecule has 0 saturated carbocycles. The van der Waals surface area contributed by atoms with Gasteiger partial charge < -0.3 is 0 Å². The summed E-state index contributed by atoms with van der Waals surface area (Å²) in [5, 5.41) is 12.2. The Hall–Kier alpha value is -2.49. The molecule has 3 rings (SSSR count). The molecule has 2 aromatic carbocycles. The minimum Gasteiger partial charge on any atom is -0.299 e. The lowest BCUT2D eigenvalue weighted by Gasteiger charge is -2.27. The van der Waals surface area contributed by atoms with Crippen molar-refractivity contribution in [3.63, 3.8) is 0 Å². The number of rotatable bonds is 6.